The van der Waals surface area contributed by atoms with Gasteiger partial charge in [0.15, 0.2) is 0 Å². The van der Waals surface area contributed by atoms with Gasteiger partial charge >= 0.3 is 5.97 Å². The summed E-state index contributed by atoms with van der Waals surface area (Å²) in [5, 5.41) is 11.5. The number of benzene rings is 1. The topological polar surface area (TPSA) is 66.4 Å². The average molecular weight is 240 g/mol. The van der Waals surface area contributed by atoms with Crippen molar-refractivity contribution in [2.24, 2.45) is 0 Å². The smallest absolute Gasteiger partial charge is 0.328 e. The Morgan fingerprint density at radius 2 is 2.06 bits per heavy atom. The van der Waals surface area contributed by atoms with E-state index in [1.165, 1.54) is 0 Å². The number of carboxylic acids is 1. The van der Waals surface area contributed by atoms with E-state index in [-0.39, 0.29) is 0 Å². The number of hydrogen-bond donors (Lipinski definition) is 2. The summed E-state index contributed by atoms with van der Waals surface area (Å²) in [6.45, 7) is 1.79. The molecule has 1 aromatic carbocycles. The zero-order valence-electron chi connectivity index (χ0n) is 8.53. The van der Waals surface area contributed by atoms with Crippen molar-refractivity contribution < 1.29 is 14.7 Å². The van der Waals surface area contributed by atoms with Gasteiger partial charge in [-0.15, -0.1) is 0 Å². The van der Waals surface area contributed by atoms with Gasteiger partial charge in [-0.1, -0.05) is 11.6 Å². The first kappa shape index (κ1) is 12.3. The third-order valence-corrected chi connectivity index (χ3v) is 2.06. The van der Waals surface area contributed by atoms with E-state index in [1.54, 1.807) is 25.1 Å². The van der Waals surface area contributed by atoms with Crippen molar-refractivity contribution >= 4 is 29.2 Å². The summed E-state index contributed by atoms with van der Waals surface area (Å²) >= 11 is 5.75. The van der Waals surface area contributed by atoms with Crippen molar-refractivity contribution in [1.29, 1.82) is 0 Å². The number of anilines is 1. The molecule has 0 atom stereocenters. The quantitative estimate of drug-likeness (QED) is 0.795. The molecule has 0 aromatic heterocycles. The molecule has 0 spiro atoms. The van der Waals surface area contributed by atoms with Gasteiger partial charge in [-0.25, -0.2) is 4.79 Å². The number of aryl methyl sites for hydroxylation is 1. The van der Waals surface area contributed by atoms with E-state index in [4.69, 9.17) is 16.7 Å². The van der Waals surface area contributed by atoms with Crippen molar-refractivity contribution in [3.8, 4) is 0 Å². The summed E-state index contributed by atoms with van der Waals surface area (Å²) in [5.41, 5.74) is 1.41. The zero-order chi connectivity index (χ0) is 12.1. The van der Waals surface area contributed by atoms with Crippen molar-refractivity contribution in [1.82, 2.24) is 0 Å². The van der Waals surface area contributed by atoms with Gasteiger partial charge in [0, 0.05) is 22.9 Å². The zero-order valence-corrected chi connectivity index (χ0v) is 9.28. The fourth-order valence-electron chi connectivity index (χ4n) is 1.09. The second kappa shape index (κ2) is 5.32. The molecule has 0 aliphatic rings. The normalized spacial score (nSPS) is 10.4. The predicted octanol–water partition coefficient (Wildman–Crippen LogP) is 2.23. The summed E-state index contributed by atoms with van der Waals surface area (Å²) in [7, 11) is 0. The molecular formula is C11H10ClNO3. The van der Waals surface area contributed by atoms with E-state index in [2.05, 4.69) is 5.32 Å². The van der Waals surface area contributed by atoms with Crippen LogP contribution in [-0.2, 0) is 9.59 Å². The molecule has 0 unspecified atom stereocenters. The highest BCUT2D eigenvalue weighted by atomic mass is 35.5. The maximum atomic E-state index is 11.3. The number of hydrogen-bond acceptors (Lipinski definition) is 2. The first-order chi connectivity index (χ1) is 7.49. The van der Waals surface area contributed by atoms with Crippen LogP contribution in [0.25, 0.3) is 0 Å². The molecule has 16 heavy (non-hydrogen) atoms. The lowest BCUT2D eigenvalue weighted by Crippen LogP contribution is -2.09. The maximum Gasteiger partial charge on any atom is 0.328 e. The van der Waals surface area contributed by atoms with Crippen LogP contribution in [0.3, 0.4) is 0 Å². The lowest BCUT2D eigenvalue weighted by molar-refractivity contribution is -0.131. The molecule has 1 rings (SSSR count). The van der Waals surface area contributed by atoms with Gasteiger partial charge in [0.1, 0.15) is 0 Å². The Bertz CT molecular complexity index is 455. The van der Waals surface area contributed by atoms with Crippen molar-refractivity contribution in [2.75, 3.05) is 5.32 Å². The molecule has 0 bridgehead atoms. The van der Waals surface area contributed by atoms with Crippen LogP contribution in [0.1, 0.15) is 5.56 Å². The SMILES string of the molecule is Cc1cc(Cl)ccc1NC(=O)C=CC(=O)O. The molecule has 2 N–H and O–H groups in total. The molecule has 0 saturated heterocycles. The Hall–Kier alpha value is -1.81. The number of carbonyl (C=O) groups excluding carboxylic acids is 1. The van der Waals surface area contributed by atoms with E-state index in [1.807, 2.05) is 0 Å². The van der Waals surface area contributed by atoms with Gasteiger partial charge in [-0.3, -0.25) is 4.79 Å². The number of rotatable bonds is 3. The van der Waals surface area contributed by atoms with E-state index in [0.717, 1.165) is 17.7 Å². The molecule has 0 radical (unpaired) electrons. The number of carboxylic acid groups (broad SMARTS) is 1. The van der Waals surface area contributed by atoms with Gasteiger partial charge in [-0.05, 0) is 30.7 Å². The van der Waals surface area contributed by atoms with Crippen molar-refractivity contribution in [2.45, 2.75) is 6.92 Å². The minimum atomic E-state index is -1.16. The summed E-state index contributed by atoms with van der Waals surface area (Å²) in [6.07, 6.45) is 1.73. The Kier molecular flexibility index (Phi) is 4.08. The fourth-order valence-corrected chi connectivity index (χ4v) is 1.32. The fraction of sp³-hybridized carbons (Fsp3) is 0.0909. The van der Waals surface area contributed by atoms with Crippen LogP contribution in [0.2, 0.25) is 5.02 Å². The first-order valence-electron chi connectivity index (χ1n) is 4.47. The molecule has 1 amide bonds. The van der Waals surface area contributed by atoms with Crippen molar-refractivity contribution in [3.05, 3.63) is 40.9 Å². The van der Waals surface area contributed by atoms with Crippen LogP contribution in [0.4, 0.5) is 5.69 Å². The van der Waals surface area contributed by atoms with Gasteiger partial charge < -0.3 is 10.4 Å². The van der Waals surface area contributed by atoms with Crippen molar-refractivity contribution in [3.63, 3.8) is 0 Å². The number of halogens is 1. The third kappa shape index (κ3) is 3.74. The number of carbonyl (C=O) groups is 2. The first-order valence-corrected chi connectivity index (χ1v) is 4.85. The molecule has 0 aliphatic carbocycles. The maximum absolute atomic E-state index is 11.3. The highest BCUT2D eigenvalue weighted by Crippen LogP contribution is 2.19. The Labute approximate surface area is 97.5 Å². The Morgan fingerprint density at radius 3 is 2.62 bits per heavy atom. The number of amides is 1. The van der Waals surface area contributed by atoms with E-state index < -0.39 is 11.9 Å². The van der Waals surface area contributed by atoms with Crippen LogP contribution in [-0.4, -0.2) is 17.0 Å². The molecule has 1 aromatic rings. The number of aliphatic carboxylic acids is 1. The monoisotopic (exact) mass is 239 g/mol. The molecule has 0 aliphatic heterocycles. The van der Waals surface area contributed by atoms with E-state index in [9.17, 15) is 9.59 Å². The standard InChI is InChI=1S/C11H10ClNO3/c1-7-6-8(12)2-3-9(7)13-10(14)4-5-11(15)16/h2-6H,1H3,(H,13,14)(H,15,16). The summed E-state index contributed by atoms with van der Waals surface area (Å²) < 4.78 is 0. The summed E-state index contributed by atoms with van der Waals surface area (Å²) in [6, 6.07) is 5.01. The summed E-state index contributed by atoms with van der Waals surface area (Å²) in [4.78, 5) is 21.4. The lowest BCUT2D eigenvalue weighted by Gasteiger charge is -2.06. The van der Waals surface area contributed by atoms with Crippen LogP contribution in [0.15, 0.2) is 30.4 Å². The average Bonchev–Trinajstić information content (AvgIpc) is 2.19. The Balaban J connectivity index is 2.73. The second-order valence-corrected chi connectivity index (χ2v) is 3.56. The van der Waals surface area contributed by atoms with Gasteiger partial charge in [0.2, 0.25) is 5.91 Å². The van der Waals surface area contributed by atoms with E-state index >= 15 is 0 Å². The molecule has 0 heterocycles. The summed E-state index contributed by atoms with van der Waals surface area (Å²) in [5.74, 6) is -1.66. The second-order valence-electron chi connectivity index (χ2n) is 3.12. The molecule has 0 fully saturated rings. The van der Waals surface area contributed by atoms with Crippen LogP contribution in [0.5, 0.6) is 0 Å². The van der Waals surface area contributed by atoms with Crippen LogP contribution in [0, 0.1) is 6.92 Å². The minimum Gasteiger partial charge on any atom is -0.478 e. The highest BCUT2D eigenvalue weighted by Gasteiger charge is 2.02. The number of nitrogens with one attached hydrogen (secondary N) is 1. The van der Waals surface area contributed by atoms with Gasteiger partial charge in [0.25, 0.3) is 0 Å². The molecule has 84 valence electrons. The highest BCUT2D eigenvalue weighted by molar-refractivity contribution is 6.30. The van der Waals surface area contributed by atoms with Gasteiger partial charge in [-0.2, -0.15) is 0 Å². The molecule has 4 nitrogen and oxygen atoms in total. The largest absolute Gasteiger partial charge is 0.478 e. The minimum absolute atomic E-state index is 0.493. The lowest BCUT2D eigenvalue weighted by atomic mass is 10.2. The van der Waals surface area contributed by atoms with Crippen LogP contribution >= 0.6 is 11.6 Å². The molecular weight excluding hydrogens is 230 g/mol. The van der Waals surface area contributed by atoms with Gasteiger partial charge in [0.05, 0.1) is 0 Å². The molecule has 5 heteroatoms. The predicted molar refractivity (Wildman–Crippen MR) is 61.6 cm³/mol. The van der Waals surface area contributed by atoms with Crippen LogP contribution < -0.4 is 5.32 Å². The van der Waals surface area contributed by atoms with E-state index in [0.29, 0.717) is 10.7 Å². The Morgan fingerprint density at radius 1 is 1.38 bits per heavy atom. The molecule has 0 saturated carbocycles. The third-order valence-electron chi connectivity index (χ3n) is 1.82.